The van der Waals surface area contributed by atoms with Crippen molar-refractivity contribution in [2.24, 2.45) is 5.41 Å². The summed E-state index contributed by atoms with van der Waals surface area (Å²) in [6, 6.07) is 4.72. The number of anilines is 1. The maximum atomic E-state index is 13.3. The van der Waals surface area contributed by atoms with Crippen LogP contribution in [-0.4, -0.2) is 18.2 Å². The molecule has 4 heteroatoms. The first-order valence-corrected chi connectivity index (χ1v) is 6.96. The number of benzene rings is 1. The summed E-state index contributed by atoms with van der Waals surface area (Å²) in [5.74, 6) is 0.609. The lowest BCUT2D eigenvalue weighted by atomic mass is 10.0. The summed E-state index contributed by atoms with van der Waals surface area (Å²) in [4.78, 5) is 14.0. The Morgan fingerprint density at radius 2 is 2.22 bits per heavy atom. The fourth-order valence-corrected chi connectivity index (χ4v) is 3.02. The zero-order valence-corrected chi connectivity index (χ0v) is 11.0. The maximum Gasteiger partial charge on any atom is 0.227 e. The lowest BCUT2D eigenvalue weighted by molar-refractivity contribution is -0.119. The van der Waals surface area contributed by atoms with E-state index in [2.05, 4.69) is 12.6 Å². The second kappa shape index (κ2) is 4.26. The second-order valence-corrected chi connectivity index (χ2v) is 5.72. The molecule has 1 fully saturated rings. The first-order valence-electron chi connectivity index (χ1n) is 6.33. The van der Waals surface area contributed by atoms with Gasteiger partial charge in [-0.2, -0.15) is 12.6 Å². The summed E-state index contributed by atoms with van der Waals surface area (Å²) in [6.07, 6.45) is 3.56. The van der Waals surface area contributed by atoms with Gasteiger partial charge in [0.1, 0.15) is 5.82 Å². The minimum absolute atomic E-state index is 0.117. The lowest BCUT2D eigenvalue weighted by Crippen LogP contribution is -2.31. The first-order chi connectivity index (χ1) is 8.63. The van der Waals surface area contributed by atoms with E-state index in [9.17, 15) is 9.18 Å². The van der Waals surface area contributed by atoms with Crippen molar-refractivity contribution in [1.82, 2.24) is 0 Å². The largest absolute Gasteiger partial charge is 0.312 e. The van der Waals surface area contributed by atoms with Crippen LogP contribution in [0.2, 0.25) is 0 Å². The summed E-state index contributed by atoms with van der Waals surface area (Å²) >= 11 is 4.32. The van der Waals surface area contributed by atoms with E-state index in [0.717, 1.165) is 36.3 Å². The molecule has 0 atom stereocenters. The number of hydrogen-bond donors (Lipinski definition) is 1. The smallest absolute Gasteiger partial charge is 0.227 e. The quantitative estimate of drug-likeness (QED) is 0.833. The zero-order chi connectivity index (χ0) is 12.8. The third-order valence-corrected chi connectivity index (χ3v) is 4.73. The van der Waals surface area contributed by atoms with Crippen LogP contribution in [0.1, 0.15) is 24.8 Å². The summed E-state index contributed by atoms with van der Waals surface area (Å²) in [6.45, 7) is 0.681. The van der Waals surface area contributed by atoms with Crippen molar-refractivity contribution in [2.45, 2.75) is 25.7 Å². The molecule has 1 aliphatic carbocycles. The molecule has 0 aromatic heterocycles. The van der Waals surface area contributed by atoms with Crippen molar-refractivity contribution in [3.8, 4) is 0 Å². The summed E-state index contributed by atoms with van der Waals surface area (Å²) < 4.78 is 13.3. The second-order valence-electron chi connectivity index (χ2n) is 5.40. The minimum Gasteiger partial charge on any atom is -0.312 e. The highest BCUT2D eigenvalue weighted by molar-refractivity contribution is 7.80. The lowest BCUT2D eigenvalue weighted by Gasteiger charge is -2.20. The van der Waals surface area contributed by atoms with Crippen LogP contribution in [0.4, 0.5) is 10.1 Å². The van der Waals surface area contributed by atoms with Gasteiger partial charge in [0.05, 0.1) is 0 Å². The Bertz CT molecular complexity index is 499. The molecule has 1 aromatic carbocycles. The monoisotopic (exact) mass is 265 g/mol. The number of carbonyl (C=O) groups excluding carboxylic acids is 1. The summed E-state index contributed by atoms with van der Waals surface area (Å²) in [5.41, 5.74) is 1.95. The average Bonchev–Trinajstić information content (AvgIpc) is 3.00. The van der Waals surface area contributed by atoms with Gasteiger partial charge in [-0.1, -0.05) is 6.07 Å². The normalized spacial score (nSPS) is 19.8. The number of fused-ring (bicyclic) bond motifs is 1. The van der Waals surface area contributed by atoms with Crippen LogP contribution in [-0.2, 0) is 11.2 Å². The van der Waals surface area contributed by atoms with Crippen molar-refractivity contribution in [3.63, 3.8) is 0 Å². The Balaban J connectivity index is 1.79. The molecule has 1 aromatic rings. The topological polar surface area (TPSA) is 20.3 Å². The first kappa shape index (κ1) is 12.0. The molecule has 1 amide bonds. The number of thiol groups is 1. The molecule has 3 rings (SSSR count). The SMILES string of the molecule is O=C(CC1(CS)CC1)N1CCc2ccc(F)cc21. The number of amides is 1. The van der Waals surface area contributed by atoms with E-state index in [1.807, 2.05) is 0 Å². The third-order valence-electron chi connectivity index (χ3n) is 4.06. The average molecular weight is 265 g/mol. The van der Waals surface area contributed by atoms with Gasteiger partial charge in [0.25, 0.3) is 0 Å². The van der Waals surface area contributed by atoms with Gasteiger partial charge in [0.15, 0.2) is 0 Å². The van der Waals surface area contributed by atoms with Gasteiger partial charge in [-0.25, -0.2) is 4.39 Å². The number of rotatable bonds is 3. The van der Waals surface area contributed by atoms with Crippen molar-refractivity contribution < 1.29 is 9.18 Å². The van der Waals surface area contributed by atoms with E-state index >= 15 is 0 Å². The van der Waals surface area contributed by atoms with Crippen LogP contribution in [0.15, 0.2) is 18.2 Å². The molecule has 0 radical (unpaired) electrons. The van der Waals surface area contributed by atoms with Gasteiger partial charge in [-0.15, -0.1) is 0 Å². The van der Waals surface area contributed by atoms with Crippen LogP contribution in [0.25, 0.3) is 0 Å². The van der Waals surface area contributed by atoms with E-state index in [1.54, 1.807) is 11.0 Å². The predicted octanol–water partition coefficient (Wildman–Crippen LogP) is 2.81. The van der Waals surface area contributed by atoms with Crippen LogP contribution in [0.5, 0.6) is 0 Å². The number of halogens is 1. The molecule has 0 saturated heterocycles. The van der Waals surface area contributed by atoms with Crippen LogP contribution in [0, 0.1) is 11.2 Å². The molecule has 0 N–H and O–H groups in total. The Morgan fingerprint density at radius 1 is 1.44 bits per heavy atom. The van der Waals surface area contributed by atoms with Crippen LogP contribution >= 0.6 is 12.6 Å². The number of nitrogens with zero attached hydrogens (tertiary/aromatic N) is 1. The Labute approximate surface area is 112 Å². The molecule has 2 aliphatic rings. The van der Waals surface area contributed by atoms with Crippen molar-refractivity contribution in [2.75, 3.05) is 17.2 Å². The number of hydrogen-bond acceptors (Lipinski definition) is 2. The van der Waals surface area contributed by atoms with Crippen LogP contribution in [0.3, 0.4) is 0 Å². The van der Waals surface area contributed by atoms with Gasteiger partial charge in [0, 0.05) is 18.7 Å². The van der Waals surface area contributed by atoms with Gasteiger partial charge in [-0.3, -0.25) is 4.79 Å². The molecule has 96 valence electrons. The molecule has 18 heavy (non-hydrogen) atoms. The highest BCUT2D eigenvalue weighted by Crippen LogP contribution is 2.50. The molecule has 0 bridgehead atoms. The summed E-state index contributed by atoms with van der Waals surface area (Å²) in [7, 11) is 0. The minimum atomic E-state index is -0.274. The highest BCUT2D eigenvalue weighted by atomic mass is 32.1. The number of carbonyl (C=O) groups is 1. The van der Waals surface area contributed by atoms with Crippen molar-refractivity contribution >= 4 is 24.2 Å². The van der Waals surface area contributed by atoms with Gasteiger partial charge >= 0.3 is 0 Å². The molecular weight excluding hydrogens is 249 g/mol. The van der Waals surface area contributed by atoms with E-state index in [1.165, 1.54) is 12.1 Å². The maximum absolute atomic E-state index is 13.3. The van der Waals surface area contributed by atoms with E-state index < -0.39 is 0 Å². The molecule has 2 nitrogen and oxygen atoms in total. The molecule has 0 unspecified atom stereocenters. The van der Waals surface area contributed by atoms with E-state index in [0.29, 0.717) is 13.0 Å². The van der Waals surface area contributed by atoms with Crippen molar-refractivity contribution in [3.05, 3.63) is 29.6 Å². The van der Waals surface area contributed by atoms with Crippen molar-refractivity contribution in [1.29, 1.82) is 0 Å². The molecule has 1 aliphatic heterocycles. The summed E-state index contributed by atoms with van der Waals surface area (Å²) in [5, 5.41) is 0. The standard InChI is InChI=1S/C14H16FNOS/c15-11-2-1-10-3-6-16(12(10)7-11)13(17)8-14(9-18)4-5-14/h1-2,7,18H,3-6,8-9H2. The molecule has 1 heterocycles. The fraction of sp³-hybridized carbons (Fsp3) is 0.500. The fourth-order valence-electron chi connectivity index (χ4n) is 2.60. The molecule has 0 spiro atoms. The van der Waals surface area contributed by atoms with Gasteiger partial charge < -0.3 is 4.90 Å². The highest BCUT2D eigenvalue weighted by Gasteiger charge is 2.44. The Kier molecular flexibility index (Phi) is 2.85. The van der Waals surface area contributed by atoms with Crippen LogP contribution < -0.4 is 4.90 Å². The van der Waals surface area contributed by atoms with E-state index in [-0.39, 0.29) is 17.1 Å². The molecule has 1 saturated carbocycles. The molecular formula is C14H16FNOS. The third kappa shape index (κ3) is 2.03. The Morgan fingerprint density at radius 3 is 2.89 bits per heavy atom. The Hall–Kier alpha value is -1.03. The van der Waals surface area contributed by atoms with Gasteiger partial charge in [-0.05, 0) is 48.1 Å². The van der Waals surface area contributed by atoms with E-state index in [4.69, 9.17) is 0 Å². The predicted molar refractivity (Wildman–Crippen MR) is 72.6 cm³/mol. The zero-order valence-electron chi connectivity index (χ0n) is 10.2. The van der Waals surface area contributed by atoms with Gasteiger partial charge in [0.2, 0.25) is 5.91 Å².